The number of hydrogen-bond donors (Lipinski definition) is 1. The van der Waals surface area contributed by atoms with E-state index in [9.17, 15) is 9.59 Å². The van der Waals surface area contributed by atoms with Crippen LogP contribution in [0.3, 0.4) is 0 Å². The van der Waals surface area contributed by atoms with Crippen molar-refractivity contribution in [2.45, 2.75) is 34.0 Å². The van der Waals surface area contributed by atoms with Gasteiger partial charge in [-0.15, -0.1) is 0 Å². The van der Waals surface area contributed by atoms with Crippen molar-refractivity contribution in [3.05, 3.63) is 24.5 Å². The van der Waals surface area contributed by atoms with Crippen LogP contribution < -0.4 is 0 Å². The van der Waals surface area contributed by atoms with Crippen LogP contribution in [0.1, 0.15) is 27.7 Å². The molecule has 0 amide bonds. The zero-order valence-corrected chi connectivity index (χ0v) is 11.9. The molecule has 0 aliphatic heterocycles. The Hall–Kier alpha value is -1.82. The molecule has 0 spiro atoms. The first-order valence-electron chi connectivity index (χ1n) is 5.79. The van der Waals surface area contributed by atoms with Crippen molar-refractivity contribution in [3.8, 4) is 0 Å². The Bertz CT molecular complexity index is 309. The molecular formula is C13H22O6. The van der Waals surface area contributed by atoms with Gasteiger partial charge in [-0.05, 0) is 34.3 Å². The molecule has 1 N–H and O–H groups in total. The summed E-state index contributed by atoms with van der Waals surface area (Å²) in [6.07, 6.45) is -0.560. The van der Waals surface area contributed by atoms with Gasteiger partial charge in [-0.25, -0.2) is 9.59 Å². The van der Waals surface area contributed by atoms with Crippen molar-refractivity contribution < 1.29 is 28.9 Å². The Balaban J connectivity index is 0. The predicted molar refractivity (Wildman–Crippen MR) is 70.4 cm³/mol. The Morgan fingerprint density at radius 1 is 1.21 bits per heavy atom. The highest BCUT2D eigenvalue weighted by molar-refractivity contribution is 5.85. The lowest BCUT2D eigenvalue weighted by molar-refractivity contribution is -0.172. The summed E-state index contributed by atoms with van der Waals surface area (Å²) in [6.45, 7) is 14.1. The number of rotatable bonds is 7. The average Bonchev–Trinajstić information content (AvgIpc) is 2.30. The van der Waals surface area contributed by atoms with Crippen molar-refractivity contribution in [2.75, 3.05) is 13.2 Å². The minimum Gasteiger partial charge on any atom is -0.487 e. The summed E-state index contributed by atoms with van der Waals surface area (Å²) in [5, 5.41) is 7.89. The zero-order chi connectivity index (χ0) is 15.4. The quantitative estimate of drug-likeness (QED) is 0.331. The maximum Gasteiger partial charge on any atom is 0.375 e. The highest BCUT2D eigenvalue weighted by Crippen LogP contribution is 2.01. The van der Waals surface area contributed by atoms with Gasteiger partial charge in [0.25, 0.3) is 0 Å². The van der Waals surface area contributed by atoms with Crippen LogP contribution in [-0.2, 0) is 23.8 Å². The fourth-order valence-corrected chi connectivity index (χ4v) is 0.718. The van der Waals surface area contributed by atoms with Gasteiger partial charge in [-0.3, -0.25) is 0 Å². The van der Waals surface area contributed by atoms with E-state index in [0.717, 1.165) is 0 Å². The summed E-state index contributed by atoms with van der Waals surface area (Å²) >= 11 is 0. The molecule has 0 saturated heterocycles. The number of hydrogen-bond acceptors (Lipinski definition) is 5. The third kappa shape index (κ3) is 12.4. The van der Waals surface area contributed by atoms with Crippen LogP contribution >= 0.6 is 0 Å². The molecule has 6 nitrogen and oxygen atoms in total. The van der Waals surface area contributed by atoms with Crippen LogP contribution in [-0.4, -0.2) is 36.5 Å². The van der Waals surface area contributed by atoms with E-state index in [0.29, 0.717) is 13.2 Å². The van der Waals surface area contributed by atoms with Crippen molar-refractivity contribution >= 4 is 11.9 Å². The number of aliphatic carboxylic acids is 1. The van der Waals surface area contributed by atoms with Gasteiger partial charge < -0.3 is 19.3 Å². The molecule has 0 fully saturated rings. The Morgan fingerprint density at radius 2 is 1.68 bits per heavy atom. The summed E-state index contributed by atoms with van der Waals surface area (Å²) in [5.74, 6) is -1.51. The van der Waals surface area contributed by atoms with E-state index >= 15 is 0 Å². The standard InChI is InChI=1S/C9H16O4.C4H6O2/c1-5-11-7(3)9(10)13-8(4)12-6-2;1-3(2)4(5)6/h8H,3,5-6H2,1-2,4H3;1H2,2H3,(H,5,6). The molecule has 0 radical (unpaired) electrons. The minimum absolute atomic E-state index is 0.00838. The first-order valence-corrected chi connectivity index (χ1v) is 5.79. The van der Waals surface area contributed by atoms with Gasteiger partial charge in [0, 0.05) is 12.2 Å². The molecule has 0 aliphatic carbocycles. The monoisotopic (exact) mass is 274 g/mol. The van der Waals surface area contributed by atoms with E-state index in [1.165, 1.54) is 6.92 Å². The van der Waals surface area contributed by atoms with Gasteiger partial charge >= 0.3 is 11.9 Å². The summed E-state index contributed by atoms with van der Waals surface area (Å²) < 4.78 is 14.7. The average molecular weight is 274 g/mol. The fourth-order valence-electron chi connectivity index (χ4n) is 0.718. The molecule has 19 heavy (non-hydrogen) atoms. The van der Waals surface area contributed by atoms with Crippen LogP contribution in [0.2, 0.25) is 0 Å². The summed E-state index contributed by atoms with van der Waals surface area (Å²) in [7, 11) is 0. The van der Waals surface area contributed by atoms with E-state index in [1.54, 1.807) is 13.8 Å². The second-order valence-electron chi connectivity index (χ2n) is 3.37. The summed E-state index contributed by atoms with van der Waals surface area (Å²) in [5.41, 5.74) is 0.176. The molecule has 0 aromatic heterocycles. The van der Waals surface area contributed by atoms with Crippen LogP contribution in [0.25, 0.3) is 0 Å². The second kappa shape index (κ2) is 11.3. The van der Waals surface area contributed by atoms with Crippen molar-refractivity contribution in [2.24, 2.45) is 0 Å². The van der Waals surface area contributed by atoms with E-state index in [4.69, 9.17) is 19.3 Å². The van der Waals surface area contributed by atoms with Crippen LogP contribution in [0.5, 0.6) is 0 Å². The summed E-state index contributed by atoms with van der Waals surface area (Å²) in [6, 6.07) is 0. The van der Waals surface area contributed by atoms with E-state index in [-0.39, 0.29) is 11.3 Å². The van der Waals surface area contributed by atoms with E-state index < -0.39 is 18.2 Å². The lowest BCUT2D eigenvalue weighted by Gasteiger charge is -2.13. The van der Waals surface area contributed by atoms with Gasteiger partial charge in [-0.2, -0.15) is 0 Å². The molecule has 0 heterocycles. The number of carboxylic acid groups (broad SMARTS) is 1. The number of carbonyl (C=O) groups is 2. The molecule has 0 rings (SSSR count). The number of esters is 1. The Kier molecular flexibility index (Phi) is 11.6. The van der Waals surface area contributed by atoms with Crippen LogP contribution in [0.15, 0.2) is 24.5 Å². The normalized spacial score (nSPS) is 10.5. The first-order chi connectivity index (χ1) is 8.76. The Morgan fingerprint density at radius 3 is 2.00 bits per heavy atom. The van der Waals surface area contributed by atoms with Gasteiger partial charge in [0.1, 0.15) is 0 Å². The SMILES string of the molecule is C=C(C)C(=O)O.C=C(OCC)C(=O)OC(C)OCC. The number of carbonyl (C=O) groups excluding carboxylic acids is 1. The zero-order valence-electron chi connectivity index (χ0n) is 11.9. The van der Waals surface area contributed by atoms with Crippen LogP contribution in [0, 0.1) is 0 Å². The van der Waals surface area contributed by atoms with Gasteiger partial charge in [0.2, 0.25) is 6.29 Å². The van der Waals surface area contributed by atoms with E-state index in [1.807, 2.05) is 6.92 Å². The lowest BCUT2D eigenvalue weighted by Crippen LogP contribution is -2.20. The van der Waals surface area contributed by atoms with E-state index in [2.05, 4.69) is 13.2 Å². The van der Waals surface area contributed by atoms with Gasteiger partial charge in [0.15, 0.2) is 5.76 Å². The first kappa shape index (κ1) is 19.5. The molecule has 0 aliphatic rings. The molecule has 0 aromatic carbocycles. The topological polar surface area (TPSA) is 82.1 Å². The predicted octanol–water partition coefficient (Wildman–Crippen LogP) is 2.11. The second-order valence-corrected chi connectivity index (χ2v) is 3.37. The highest BCUT2D eigenvalue weighted by Gasteiger charge is 2.13. The largest absolute Gasteiger partial charge is 0.487 e. The van der Waals surface area contributed by atoms with Crippen LogP contribution in [0.4, 0.5) is 0 Å². The molecule has 110 valence electrons. The minimum atomic E-state index is -0.935. The molecule has 6 heteroatoms. The number of ether oxygens (including phenoxy) is 3. The smallest absolute Gasteiger partial charge is 0.375 e. The molecule has 1 atom stereocenters. The lowest BCUT2D eigenvalue weighted by atomic mass is 10.4. The molecule has 1 unspecified atom stereocenters. The van der Waals surface area contributed by atoms with Gasteiger partial charge in [-0.1, -0.05) is 6.58 Å². The molecule has 0 bridgehead atoms. The van der Waals surface area contributed by atoms with Gasteiger partial charge in [0.05, 0.1) is 6.61 Å². The third-order valence-corrected chi connectivity index (χ3v) is 1.59. The highest BCUT2D eigenvalue weighted by atomic mass is 16.7. The molecule has 0 aromatic rings. The molecule has 0 saturated carbocycles. The fraction of sp³-hybridized carbons (Fsp3) is 0.538. The summed E-state index contributed by atoms with van der Waals surface area (Å²) in [4.78, 5) is 20.7. The van der Waals surface area contributed by atoms with Crippen molar-refractivity contribution in [3.63, 3.8) is 0 Å². The maximum atomic E-state index is 11.1. The maximum absolute atomic E-state index is 11.1. The van der Waals surface area contributed by atoms with Crippen molar-refractivity contribution in [1.29, 1.82) is 0 Å². The van der Waals surface area contributed by atoms with Crippen molar-refractivity contribution in [1.82, 2.24) is 0 Å². The number of carboxylic acids is 1. The molecular weight excluding hydrogens is 252 g/mol. The Labute approximate surface area is 113 Å². The third-order valence-electron chi connectivity index (χ3n) is 1.59.